The number of hydrogen-bond acceptors (Lipinski definition) is 3. The second kappa shape index (κ2) is 4.51. The van der Waals surface area contributed by atoms with Crippen LogP contribution in [0.2, 0.25) is 0 Å². The standard InChI is InChI=1S/C11H20N2O3/c1-7(2)9(12)10(14)13(11(15)16)6-4-5-8(13)3/h7-9H,4-6,12H2,1-3H3/p+1/t8-,9+,13?/m1/s1. The number of imide groups is 1. The molecule has 1 aliphatic rings. The van der Waals surface area contributed by atoms with Gasteiger partial charge in [-0.05, 0) is 12.8 Å². The van der Waals surface area contributed by atoms with Crippen molar-refractivity contribution in [2.75, 3.05) is 6.54 Å². The molecule has 3 N–H and O–H groups in total. The third-order valence-corrected chi connectivity index (χ3v) is 3.62. The lowest BCUT2D eigenvalue weighted by Gasteiger charge is -2.32. The van der Waals surface area contributed by atoms with Gasteiger partial charge in [-0.25, -0.2) is 4.79 Å². The molecule has 92 valence electrons. The maximum Gasteiger partial charge on any atom is 0.521 e. The van der Waals surface area contributed by atoms with E-state index in [4.69, 9.17) is 5.73 Å². The van der Waals surface area contributed by atoms with Gasteiger partial charge in [0.15, 0.2) is 0 Å². The number of carboxylic acid groups (broad SMARTS) is 1. The summed E-state index contributed by atoms with van der Waals surface area (Å²) < 4.78 is -0.487. The number of nitrogens with zero attached hydrogens (tertiary/aromatic N) is 1. The van der Waals surface area contributed by atoms with Crippen LogP contribution >= 0.6 is 0 Å². The van der Waals surface area contributed by atoms with Crippen LogP contribution in [0.25, 0.3) is 0 Å². The van der Waals surface area contributed by atoms with Crippen molar-refractivity contribution in [3.8, 4) is 0 Å². The third kappa shape index (κ3) is 1.85. The SMILES string of the molecule is CC(C)[C@H](N)C(=O)[N+]1(C(=O)O)CCC[C@H]1C. The van der Waals surface area contributed by atoms with Gasteiger partial charge in [-0.3, -0.25) is 0 Å². The van der Waals surface area contributed by atoms with Gasteiger partial charge in [0.1, 0.15) is 12.1 Å². The first kappa shape index (κ1) is 13.1. The average molecular weight is 229 g/mol. The van der Waals surface area contributed by atoms with Crippen LogP contribution in [0, 0.1) is 5.92 Å². The van der Waals surface area contributed by atoms with E-state index in [9.17, 15) is 14.7 Å². The van der Waals surface area contributed by atoms with Gasteiger partial charge in [0.05, 0.1) is 6.54 Å². The average Bonchev–Trinajstić information content (AvgIpc) is 2.58. The van der Waals surface area contributed by atoms with Gasteiger partial charge in [-0.1, -0.05) is 13.8 Å². The summed E-state index contributed by atoms with van der Waals surface area (Å²) in [5.41, 5.74) is 5.80. The Kier molecular flexibility index (Phi) is 3.70. The summed E-state index contributed by atoms with van der Waals surface area (Å²) in [5, 5.41) is 9.33. The molecular formula is C11H21N2O3+. The van der Waals surface area contributed by atoms with E-state index >= 15 is 0 Å². The van der Waals surface area contributed by atoms with Crippen LogP contribution < -0.4 is 5.73 Å². The summed E-state index contributed by atoms with van der Waals surface area (Å²) in [6.07, 6.45) is 0.471. The number of rotatable bonds is 2. The highest BCUT2D eigenvalue weighted by Crippen LogP contribution is 2.29. The molecular weight excluding hydrogens is 208 g/mol. The molecule has 5 nitrogen and oxygen atoms in total. The van der Waals surface area contributed by atoms with Gasteiger partial charge in [0.2, 0.25) is 0 Å². The van der Waals surface area contributed by atoms with Gasteiger partial charge in [0, 0.05) is 12.8 Å². The summed E-state index contributed by atoms with van der Waals surface area (Å²) in [5.74, 6) is -0.387. The summed E-state index contributed by atoms with van der Waals surface area (Å²) in [6.45, 7) is 5.85. The smallest absolute Gasteiger partial charge is 0.435 e. The fraction of sp³-hybridized carbons (Fsp3) is 0.818. The monoisotopic (exact) mass is 229 g/mol. The summed E-state index contributed by atoms with van der Waals surface area (Å²) >= 11 is 0. The quantitative estimate of drug-likeness (QED) is 0.697. The second-order valence-electron chi connectivity index (χ2n) is 4.97. The van der Waals surface area contributed by atoms with Crippen LogP contribution in [-0.4, -0.2) is 40.2 Å². The molecule has 3 atom stereocenters. The fourth-order valence-corrected chi connectivity index (χ4v) is 2.33. The predicted molar refractivity (Wildman–Crippen MR) is 59.7 cm³/mol. The molecule has 1 unspecified atom stereocenters. The zero-order valence-corrected chi connectivity index (χ0v) is 10.1. The minimum Gasteiger partial charge on any atom is -0.435 e. The highest BCUT2D eigenvalue weighted by atomic mass is 16.4. The molecule has 0 aromatic carbocycles. The number of carbonyl (C=O) groups excluding carboxylic acids is 1. The molecule has 0 bridgehead atoms. The van der Waals surface area contributed by atoms with Crippen molar-refractivity contribution in [1.29, 1.82) is 0 Å². The fourth-order valence-electron chi connectivity index (χ4n) is 2.33. The van der Waals surface area contributed by atoms with Crippen LogP contribution in [0.15, 0.2) is 0 Å². The van der Waals surface area contributed by atoms with Crippen LogP contribution in [0.3, 0.4) is 0 Å². The molecule has 0 aromatic heterocycles. The zero-order valence-electron chi connectivity index (χ0n) is 10.1. The van der Waals surface area contributed by atoms with Crippen molar-refractivity contribution in [3.05, 3.63) is 0 Å². The topological polar surface area (TPSA) is 80.4 Å². The summed E-state index contributed by atoms with van der Waals surface area (Å²) in [6, 6.07) is -0.869. The lowest BCUT2D eigenvalue weighted by atomic mass is 10.0. The molecule has 1 aliphatic heterocycles. The Morgan fingerprint density at radius 2 is 2.00 bits per heavy atom. The lowest BCUT2D eigenvalue weighted by molar-refractivity contribution is -0.793. The molecule has 0 radical (unpaired) electrons. The number of nitrogens with two attached hydrogens (primary N) is 1. The molecule has 1 saturated heterocycles. The van der Waals surface area contributed by atoms with E-state index in [1.54, 1.807) is 0 Å². The number of quaternary nitrogens is 1. The van der Waals surface area contributed by atoms with Crippen LogP contribution in [0.4, 0.5) is 4.79 Å². The van der Waals surface area contributed by atoms with Crippen molar-refractivity contribution in [2.24, 2.45) is 11.7 Å². The van der Waals surface area contributed by atoms with Crippen LogP contribution in [0.5, 0.6) is 0 Å². The number of amides is 2. The van der Waals surface area contributed by atoms with Gasteiger partial charge in [-0.2, -0.15) is 9.28 Å². The first-order valence-corrected chi connectivity index (χ1v) is 5.75. The van der Waals surface area contributed by atoms with Crippen molar-refractivity contribution >= 4 is 12.0 Å². The molecule has 0 spiro atoms. The molecule has 1 heterocycles. The Bertz CT molecular complexity index is 304. The van der Waals surface area contributed by atoms with E-state index in [2.05, 4.69) is 0 Å². The molecule has 0 aromatic rings. The van der Waals surface area contributed by atoms with Crippen LogP contribution in [0.1, 0.15) is 33.6 Å². The Labute approximate surface area is 95.8 Å². The van der Waals surface area contributed by atoms with E-state index in [0.717, 1.165) is 12.8 Å². The highest BCUT2D eigenvalue weighted by Gasteiger charge is 2.54. The van der Waals surface area contributed by atoms with Gasteiger partial charge < -0.3 is 10.8 Å². The van der Waals surface area contributed by atoms with E-state index < -0.39 is 16.6 Å². The van der Waals surface area contributed by atoms with Gasteiger partial charge in [-0.15, -0.1) is 0 Å². The normalized spacial score (nSPS) is 31.7. The van der Waals surface area contributed by atoms with Gasteiger partial charge >= 0.3 is 12.0 Å². The Morgan fingerprint density at radius 1 is 1.44 bits per heavy atom. The molecule has 5 heteroatoms. The van der Waals surface area contributed by atoms with Gasteiger partial charge in [0.25, 0.3) is 0 Å². The van der Waals surface area contributed by atoms with Crippen molar-refractivity contribution in [1.82, 2.24) is 0 Å². The second-order valence-corrected chi connectivity index (χ2v) is 4.97. The van der Waals surface area contributed by atoms with Crippen LogP contribution in [-0.2, 0) is 4.79 Å². The highest BCUT2D eigenvalue weighted by molar-refractivity contribution is 5.84. The zero-order chi connectivity index (χ0) is 12.5. The molecule has 1 fully saturated rings. The third-order valence-electron chi connectivity index (χ3n) is 3.62. The molecule has 1 rings (SSSR count). The van der Waals surface area contributed by atoms with E-state index in [0.29, 0.717) is 6.54 Å². The minimum atomic E-state index is -1.06. The number of likely N-dealkylation sites (tertiary alicyclic amines) is 1. The Morgan fingerprint density at radius 3 is 2.31 bits per heavy atom. The minimum absolute atomic E-state index is 0.0327. The maximum absolute atomic E-state index is 12.2. The summed E-state index contributed by atoms with van der Waals surface area (Å²) in [4.78, 5) is 23.6. The van der Waals surface area contributed by atoms with Crippen molar-refractivity contribution in [2.45, 2.75) is 45.7 Å². The van der Waals surface area contributed by atoms with E-state index in [1.807, 2.05) is 20.8 Å². The van der Waals surface area contributed by atoms with Crippen molar-refractivity contribution < 1.29 is 19.2 Å². The lowest BCUT2D eigenvalue weighted by Crippen LogP contribution is -2.64. The van der Waals surface area contributed by atoms with E-state index in [1.165, 1.54) is 0 Å². The molecule has 0 aliphatic carbocycles. The largest absolute Gasteiger partial charge is 0.521 e. The molecule has 16 heavy (non-hydrogen) atoms. The van der Waals surface area contributed by atoms with E-state index in [-0.39, 0.29) is 17.9 Å². The maximum atomic E-state index is 12.2. The summed E-state index contributed by atoms with van der Waals surface area (Å²) in [7, 11) is 0. The van der Waals surface area contributed by atoms with Crippen molar-refractivity contribution in [3.63, 3.8) is 0 Å². The number of carbonyl (C=O) groups is 2. The first-order chi connectivity index (χ1) is 7.34. The Hall–Kier alpha value is -0.940. The first-order valence-electron chi connectivity index (χ1n) is 5.75. The Balaban J connectivity index is 3.04. The predicted octanol–water partition coefficient (Wildman–Crippen LogP) is 1.17. The molecule has 2 amide bonds. The number of hydrogen-bond donors (Lipinski definition) is 2. The molecule has 0 saturated carbocycles.